The third-order valence-corrected chi connectivity index (χ3v) is 4.15. The summed E-state index contributed by atoms with van der Waals surface area (Å²) in [6, 6.07) is -0.284. The van der Waals surface area contributed by atoms with Gasteiger partial charge in [-0.3, -0.25) is 14.4 Å². The molecule has 1 aliphatic heterocycles. The molecule has 3 heterocycles. The lowest BCUT2D eigenvalue weighted by molar-refractivity contribution is 0.0884. The van der Waals surface area contributed by atoms with Crippen LogP contribution in [0.2, 0.25) is 0 Å². The lowest BCUT2D eigenvalue weighted by Gasteiger charge is -2.16. The maximum atomic E-state index is 12.0. The van der Waals surface area contributed by atoms with Crippen LogP contribution in [0.15, 0.2) is 18.7 Å². The lowest BCUT2D eigenvalue weighted by Crippen LogP contribution is -2.42. The average Bonchev–Trinajstić information content (AvgIpc) is 3.18. The molecule has 2 aromatic rings. The molecule has 1 amide bonds. The smallest absolute Gasteiger partial charge is 0.269 e. The van der Waals surface area contributed by atoms with Crippen LogP contribution in [0.5, 0.6) is 0 Å². The normalized spacial score (nSPS) is 22.1. The summed E-state index contributed by atoms with van der Waals surface area (Å²) in [5, 5.41) is 17.2. The van der Waals surface area contributed by atoms with E-state index in [1.165, 1.54) is 12.5 Å². The Morgan fingerprint density at radius 1 is 1.50 bits per heavy atom. The fourth-order valence-electron chi connectivity index (χ4n) is 2.70. The Hall–Kier alpha value is -2.19. The van der Waals surface area contributed by atoms with Gasteiger partial charge in [-0.05, 0) is 6.92 Å². The van der Waals surface area contributed by atoms with E-state index >= 15 is 0 Å². The highest BCUT2D eigenvalue weighted by molar-refractivity contribution is 5.92. The van der Waals surface area contributed by atoms with E-state index < -0.39 is 6.10 Å². The topological polar surface area (TPSA) is 99.1 Å². The number of carbonyl (C=O) groups is 1. The van der Waals surface area contributed by atoms with E-state index in [-0.39, 0.29) is 11.9 Å². The zero-order valence-corrected chi connectivity index (χ0v) is 12.7. The average molecular weight is 304 g/mol. The van der Waals surface area contributed by atoms with Crippen molar-refractivity contribution in [2.75, 3.05) is 13.1 Å². The van der Waals surface area contributed by atoms with Crippen LogP contribution >= 0.6 is 0 Å². The van der Waals surface area contributed by atoms with Crippen LogP contribution in [0, 0.1) is 6.92 Å². The van der Waals surface area contributed by atoms with Crippen LogP contribution < -0.4 is 5.32 Å². The van der Waals surface area contributed by atoms with Crippen LogP contribution in [-0.4, -0.2) is 60.9 Å². The summed E-state index contributed by atoms with van der Waals surface area (Å²) in [7, 11) is 1.91. The minimum absolute atomic E-state index is 0.249. The molecule has 3 rings (SSSR count). The van der Waals surface area contributed by atoms with Crippen LogP contribution in [0.1, 0.15) is 21.7 Å². The Kier molecular flexibility index (Phi) is 3.95. The van der Waals surface area contributed by atoms with Crippen LogP contribution in [-0.2, 0) is 13.6 Å². The molecule has 118 valence electrons. The van der Waals surface area contributed by atoms with Gasteiger partial charge in [0.25, 0.3) is 5.91 Å². The molecular weight excluding hydrogens is 284 g/mol. The molecule has 0 aliphatic carbocycles. The Morgan fingerprint density at radius 3 is 2.95 bits per heavy atom. The van der Waals surface area contributed by atoms with Crippen molar-refractivity contribution in [2.24, 2.45) is 7.05 Å². The van der Waals surface area contributed by atoms with Crippen molar-refractivity contribution in [1.82, 2.24) is 30.0 Å². The molecule has 0 spiro atoms. The first-order valence-electron chi connectivity index (χ1n) is 7.21. The second-order valence-electron chi connectivity index (χ2n) is 5.69. The first-order chi connectivity index (χ1) is 10.5. The molecule has 0 saturated carbocycles. The van der Waals surface area contributed by atoms with Gasteiger partial charge in [0.1, 0.15) is 5.69 Å². The van der Waals surface area contributed by atoms with E-state index in [9.17, 15) is 9.90 Å². The molecule has 8 nitrogen and oxygen atoms in total. The van der Waals surface area contributed by atoms with E-state index in [2.05, 4.69) is 25.3 Å². The van der Waals surface area contributed by atoms with Gasteiger partial charge in [-0.2, -0.15) is 5.10 Å². The second-order valence-corrected chi connectivity index (χ2v) is 5.69. The zero-order chi connectivity index (χ0) is 15.7. The molecule has 1 fully saturated rings. The number of imidazole rings is 1. The first kappa shape index (κ1) is 14.7. The van der Waals surface area contributed by atoms with Crippen molar-refractivity contribution >= 4 is 5.91 Å². The summed E-state index contributed by atoms with van der Waals surface area (Å²) >= 11 is 0. The van der Waals surface area contributed by atoms with Crippen LogP contribution in [0.4, 0.5) is 0 Å². The Bertz CT molecular complexity index is 650. The molecule has 1 aliphatic rings. The van der Waals surface area contributed by atoms with Gasteiger partial charge in [0.05, 0.1) is 30.9 Å². The van der Waals surface area contributed by atoms with Gasteiger partial charge in [0.15, 0.2) is 0 Å². The summed E-state index contributed by atoms with van der Waals surface area (Å²) in [5.74, 6) is -0.249. The molecule has 0 aromatic carbocycles. The van der Waals surface area contributed by atoms with Gasteiger partial charge < -0.3 is 15.4 Å². The number of hydrogen-bond donors (Lipinski definition) is 3. The number of likely N-dealkylation sites (tertiary alicyclic amines) is 1. The third-order valence-electron chi connectivity index (χ3n) is 4.15. The molecule has 8 heteroatoms. The predicted octanol–water partition coefficient (Wildman–Crippen LogP) is -0.573. The number of aliphatic hydroxyl groups is 1. The summed E-state index contributed by atoms with van der Waals surface area (Å²) < 4.78 is 1.83. The van der Waals surface area contributed by atoms with E-state index in [1.54, 1.807) is 0 Å². The van der Waals surface area contributed by atoms with Gasteiger partial charge in [-0.15, -0.1) is 0 Å². The Labute approximate surface area is 128 Å². The number of aliphatic hydroxyl groups excluding tert-OH is 1. The van der Waals surface area contributed by atoms with Crippen molar-refractivity contribution in [1.29, 1.82) is 0 Å². The molecule has 22 heavy (non-hydrogen) atoms. The maximum Gasteiger partial charge on any atom is 0.269 e. The number of aromatic amines is 1. The molecule has 2 atom stereocenters. The second kappa shape index (κ2) is 5.90. The minimum atomic E-state index is -0.580. The summed E-state index contributed by atoms with van der Waals surface area (Å²) in [6.07, 6.45) is 4.19. The minimum Gasteiger partial charge on any atom is -0.390 e. The highest BCUT2D eigenvalue weighted by Gasteiger charge is 2.33. The zero-order valence-electron chi connectivity index (χ0n) is 12.7. The fourth-order valence-corrected chi connectivity index (χ4v) is 2.70. The van der Waals surface area contributed by atoms with E-state index in [1.807, 2.05) is 24.9 Å². The van der Waals surface area contributed by atoms with Crippen LogP contribution in [0.3, 0.4) is 0 Å². The quantitative estimate of drug-likeness (QED) is 0.702. The molecule has 1 saturated heterocycles. The molecule has 3 N–H and O–H groups in total. The summed E-state index contributed by atoms with van der Waals surface area (Å²) in [5.41, 5.74) is 2.64. The van der Waals surface area contributed by atoms with E-state index in [0.717, 1.165) is 11.3 Å². The Morgan fingerprint density at radius 2 is 2.32 bits per heavy atom. The highest BCUT2D eigenvalue weighted by Crippen LogP contribution is 2.16. The van der Waals surface area contributed by atoms with Gasteiger partial charge >= 0.3 is 0 Å². The number of nitrogens with zero attached hydrogens (tertiary/aromatic N) is 4. The SMILES string of the molecule is Cc1c(CN2C[C@@H](O)[C@H](NC(=O)c3cnc[nH]3)C2)cnn1C. The monoisotopic (exact) mass is 304 g/mol. The first-order valence-corrected chi connectivity index (χ1v) is 7.21. The number of carbonyl (C=O) groups excluding carboxylic acids is 1. The van der Waals surface area contributed by atoms with Crippen molar-refractivity contribution in [2.45, 2.75) is 25.6 Å². The summed E-state index contributed by atoms with van der Waals surface area (Å²) in [6.45, 7) is 3.87. The Balaban J connectivity index is 1.60. The molecule has 0 radical (unpaired) electrons. The highest BCUT2D eigenvalue weighted by atomic mass is 16.3. The number of amides is 1. The fraction of sp³-hybridized carbons (Fsp3) is 0.500. The van der Waals surface area contributed by atoms with E-state index in [4.69, 9.17) is 0 Å². The van der Waals surface area contributed by atoms with Gasteiger partial charge in [-0.25, -0.2) is 4.98 Å². The molecule has 0 bridgehead atoms. The number of nitrogens with one attached hydrogen (secondary N) is 2. The predicted molar refractivity (Wildman–Crippen MR) is 79.1 cm³/mol. The van der Waals surface area contributed by atoms with Crippen molar-refractivity contribution in [3.8, 4) is 0 Å². The van der Waals surface area contributed by atoms with Crippen molar-refractivity contribution in [3.63, 3.8) is 0 Å². The van der Waals surface area contributed by atoms with Crippen molar-refractivity contribution in [3.05, 3.63) is 35.7 Å². The number of hydrogen-bond acceptors (Lipinski definition) is 5. The molecule has 0 unspecified atom stereocenters. The van der Waals surface area contributed by atoms with Crippen LogP contribution in [0.25, 0.3) is 0 Å². The molecule has 2 aromatic heterocycles. The maximum absolute atomic E-state index is 12.0. The third kappa shape index (κ3) is 2.88. The number of β-amino-alcohol motifs (C(OH)–C–C–N with tert-alkyl or cyclic N) is 1. The van der Waals surface area contributed by atoms with Gasteiger partial charge in [0, 0.05) is 37.9 Å². The van der Waals surface area contributed by atoms with Gasteiger partial charge in [-0.1, -0.05) is 0 Å². The summed E-state index contributed by atoms with van der Waals surface area (Å²) in [4.78, 5) is 20.7. The number of aryl methyl sites for hydroxylation is 1. The largest absolute Gasteiger partial charge is 0.390 e. The number of aromatic nitrogens is 4. The molecular formula is C14H20N6O2. The number of H-pyrrole nitrogens is 1. The van der Waals surface area contributed by atoms with E-state index in [0.29, 0.717) is 25.3 Å². The lowest BCUT2D eigenvalue weighted by atomic mass is 10.2. The van der Waals surface area contributed by atoms with Crippen molar-refractivity contribution < 1.29 is 9.90 Å². The van der Waals surface area contributed by atoms with Gasteiger partial charge in [0.2, 0.25) is 0 Å². The number of rotatable bonds is 4. The standard InChI is InChI=1S/C14H20N6O2/c1-9-10(3-17-19(9)2)5-20-6-12(13(21)7-20)18-14(22)11-4-15-8-16-11/h3-4,8,12-13,21H,5-7H2,1-2H3,(H,15,16)(H,18,22)/t12-,13-/m1/s1.